The van der Waals surface area contributed by atoms with Crippen LogP contribution in [0, 0.1) is 0 Å². The fourth-order valence-electron chi connectivity index (χ4n) is 2.04. The first-order valence-electron chi connectivity index (χ1n) is 6.05. The van der Waals surface area contributed by atoms with Crippen LogP contribution in [0.25, 0.3) is 28.8 Å². The Labute approximate surface area is 119 Å². The summed E-state index contributed by atoms with van der Waals surface area (Å²) in [6.45, 7) is 1.88. The monoisotopic (exact) mass is 286 g/mol. The maximum atomic E-state index is 11.8. The van der Waals surface area contributed by atoms with Crippen molar-refractivity contribution in [2.75, 3.05) is 0 Å². The van der Waals surface area contributed by atoms with Gasteiger partial charge >= 0.3 is 0 Å². The van der Waals surface area contributed by atoms with Gasteiger partial charge in [0.1, 0.15) is 5.82 Å². The number of halogens is 1. The van der Waals surface area contributed by atoms with E-state index in [1.54, 1.807) is 16.8 Å². The number of fused-ring (bicyclic) bond motifs is 1. The van der Waals surface area contributed by atoms with E-state index < -0.39 is 0 Å². The molecule has 1 aromatic carbocycles. The first-order valence-corrected chi connectivity index (χ1v) is 6.43. The minimum Gasteiger partial charge on any atom is -0.311 e. The van der Waals surface area contributed by atoms with Crippen LogP contribution in [0.2, 0.25) is 5.02 Å². The van der Waals surface area contributed by atoms with Gasteiger partial charge in [0.15, 0.2) is 11.2 Å². The number of imidazole rings is 1. The van der Waals surface area contributed by atoms with Crippen LogP contribution in [-0.4, -0.2) is 19.5 Å². The molecule has 0 saturated carbocycles. The molecule has 6 heteroatoms. The van der Waals surface area contributed by atoms with Gasteiger partial charge < -0.3 is 4.98 Å². The molecule has 100 valence electrons. The second kappa shape index (κ2) is 4.94. The normalized spacial score (nSPS) is 11.5. The predicted molar refractivity (Wildman–Crippen MR) is 79.6 cm³/mol. The van der Waals surface area contributed by atoms with Gasteiger partial charge in [-0.1, -0.05) is 29.8 Å². The van der Waals surface area contributed by atoms with E-state index in [9.17, 15) is 4.79 Å². The van der Waals surface area contributed by atoms with E-state index in [4.69, 9.17) is 11.6 Å². The van der Waals surface area contributed by atoms with Crippen molar-refractivity contribution in [3.63, 3.8) is 0 Å². The highest BCUT2D eigenvalue weighted by atomic mass is 35.5. The Balaban J connectivity index is 2.42. The number of nitrogens with zero attached hydrogens (tertiary/aromatic N) is 3. The number of H-pyrrole nitrogens is 1. The summed E-state index contributed by atoms with van der Waals surface area (Å²) >= 11 is 6.21. The van der Waals surface area contributed by atoms with Crippen molar-refractivity contribution in [2.24, 2.45) is 0 Å². The molecule has 2 aromatic heterocycles. The molecule has 0 radical (unpaired) electrons. The van der Waals surface area contributed by atoms with Gasteiger partial charge in [0.05, 0.1) is 11.3 Å². The molecule has 0 aliphatic rings. The van der Waals surface area contributed by atoms with E-state index in [0.717, 1.165) is 5.56 Å². The standard InChI is InChI=1S/C14H11ClN4O/c1-2-7-19-12(9-5-3-4-6-10(9)15)18-11-13(19)16-8-17-14(11)20/h2-8H,1H3,(H,16,17,20)/b7-2+. The molecule has 0 spiro atoms. The van der Waals surface area contributed by atoms with Crippen molar-refractivity contribution < 1.29 is 0 Å². The highest BCUT2D eigenvalue weighted by molar-refractivity contribution is 6.33. The maximum Gasteiger partial charge on any atom is 0.278 e. The molecule has 0 amide bonds. The number of allylic oxidation sites excluding steroid dienone is 1. The number of nitrogens with one attached hydrogen (secondary N) is 1. The first kappa shape index (κ1) is 12.6. The Morgan fingerprint density at radius 3 is 2.90 bits per heavy atom. The van der Waals surface area contributed by atoms with Gasteiger partial charge in [-0.2, -0.15) is 0 Å². The van der Waals surface area contributed by atoms with Crippen molar-refractivity contribution in [1.82, 2.24) is 19.5 Å². The molecule has 0 unspecified atom stereocenters. The van der Waals surface area contributed by atoms with Crippen LogP contribution in [0.1, 0.15) is 6.92 Å². The minimum absolute atomic E-state index is 0.272. The first-order chi connectivity index (χ1) is 9.72. The zero-order valence-corrected chi connectivity index (χ0v) is 11.4. The van der Waals surface area contributed by atoms with Gasteiger partial charge in [-0.05, 0) is 19.1 Å². The van der Waals surface area contributed by atoms with Gasteiger partial charge in [-0.15, -0.1) is 0 Å². The van der Waals surface area contributed by atoms with Gasteiger partial charge in [0.2, 0.25) is 0 Å². The third kappa shape index (κ3) is 1.92. The van der Waals surface area contributed by atoms with Crippen LogP contribution >= 0.6 is 11.6 Å². The summed E-state index contributed by atoms with van der Waals surface area (Å²) in [5, 5.41) is 0.574. The largest absolute Gasteiger partial charge is 0.311 e. The Morgan fingerprint density at radius 2 is 2.15 bits per heavy atom. The second-order valence-corrected chi connectivity index (χ2v) is 4.58. The smallest absolute Gasteiger partial charge is 0.278 e. The minimum atomic E-state index is -0.272. The quantitative estimate of drug-likeness (QED) is 0.788. The zero-order valence-electron chi connectivity index (χ0n) is 10.7. The molecule has 3 aromatic rings. The molecular formula is C14H11ClN4O. The molecule has 2 heterocycles. The Kier molecular flexibility index (Phi) is 3.12. The number of benzene rings is 1. The van der Waals surface area contributed by atoms with Crippen LogP contribution < -0.4 is 5.56 Å². The molecule has 5 nitrogen and oxygen atoms in total. The van der Waals surface area contributed by atoms with Gasteiger partial charge in [-0.25, -0.2) is 9.97 Å². The van der Waals surface area contributed by atoms with Crippen molar-refractivity contribution in [3.8, 4) is 11.4 Å². The summed E-state index contributed by atoms with van der Waals surface area (Å²) in [6.07, 6.45) is 5.02. The maximum absolute atomic E-state index is 11.8. The summed E-state index contributed by atoms with van der Waals surface area (Å²) in [6, 6.07) is 7.36. The van der Waals surface area contributed by atoms with Crippen LogP contribution in [0.3, 0.4) is 0 Å². The molecule has 0 aliphatic carbocycles. The lowest BCUT2D eigenvalue weighted by molar-refractivity contribution is 1.11. The molecule has 20 heavy (non-hydrogen) atoms. The van der Waals surface area contributed by atoms with E-state index >= 15 is 0 Å². The summed E-state index contributed by atoms with van der Waals surface area (Å²) in [5.74, 6) is 0.591. The van der Waals surface area contributed by atoms with Crippen molar-refractivity contribution in [2.45, 2.75) is 6.92 Å². The lowest BCUT2D eigenvalue weighted by Gasteiger charge is -2.04. The summed E-state index contributed by atoms with van der Waals surface area (Å²) in [5.41, 5.74) is 1.28. The SMILES string of the molecule is C/C=C/n1c(-c2ccccc2Cl)nc2c(=O)[nH]cnc21. The fourth-order valence-corrected chi connectivity index (χ4v) is 2.26. The van der Waals surface area contributed by atoms with Crippen LogP contribution in [0.15, 0.2) is 41.5 Å². The van der Waals surface area contributed by atoms with Gasteiger partial charge in [0, 0.05) is 11.8 Å². The van der Waals surface area contributed by atoms with Gasteiger partial charge in [-0.3, -0.25) is 9.36 Å². The van der Waals surface area contributed by atoms with E-state index in [1.807, 2.05) is 31.2 Å². The highest BCUT2D eigenvalue weighted by Gasteiger charge is 2.16. The van der Waals surface area contributed by atoms with Crippen molar-refractivity contribution >= 4 is 29.0 Å². The lowest BCUT2D eigenvalue weighted by Crippen LogP contribution is -2.06. The summed E-state index contributed by atoms with van der Waals surface area (Å²) in [7, 11) is 0. The average Bonchev–Trinajstić information content (AvgIpc) is 2.80. The van der Waals surface area contributed by atoms with Crippen LogP contribution in [-0.2, 0) is 0 Å². The third-order valence-electron chi connectivity index (χ3n) is 2.90. The van der Waals surface area contributed by atoms with E-state index in [0.29, 0.717) is 22.0 Å². The zero-order chi connectivity index (χ0) is 14.1. The van der Waals surface area contributed by atoms with Crippen molar-refractivity contribution in [3.05, 3.63) is 52.0 Å². The van der Waals surface area contributed by atoms with E-state index in [1.165, 1.54) is 6.33 Å². The van der Waals surface area contributed by atoms with Crippen LogP contribution in [0.5, 0.6) is 0 Å². The van der Waals surface area contributed by atoms with E-state index in [2.05, 4.69) is 15.0 Å². The summed E-state index contributed by atoms with van der Waals surface area (Å²) in [4.78, 5) is 22.9. The molecule has 3 rings (SSSR count). The molecule has 1 N–H and O–H groups in total. The fraction of sp³-hybridized carbons (Fsp3) is 0.0714. The van der Waals surface area contributed by atoms with E-state index in [-0.39, 0.29) is 5.56 Å². The third-order valence-corrected chi connectivity index (χ3v) is 3.23. The highest BCUT2D eigenvalue weighted by Crippen LogP contribution is 2.28. The molecule has 0 fully saturated rings. The molecular weight excluding hydrogens is 276 g/mol. The predicted octanol–water partition coefficient (Wildman–Crippen LogP) is 2.93. The Bertz CT molecular complexity index is 863. The number of hydrogen-bond acceptors (Lipinski definition) is 3. The number of rotatable bonds is 2. The molecule has 0 atom stereocenters. The molecule has 0 saturated heterocycles. The van der Waals surface area contributed by atoms with Gasteiger partial charge in [0.25, 0.3) is 5.56 Å². The van der Waals surface area contributed by atoms with Crippen molar-refractivity contribution in [1.29, 1.82) is 0 Å². The lowest BCUT2D eigenvalue weighted by atomic mass is 10.2. The Hall–Kier alpha value is -2.40. The molecule has 0 aliphatic heterocycles. The number of aromatic amines is 1. The average molecular weight is 287 g/mol. The molecule has 0 bridgehead atoms. The number of aromatic nitrogens is 4. The van der Waals surface area contributed by atoms with Crippen LogP contribution in [0.4, 0.5) is 0 Å². The Morgan fingerprint density at radius 1 is 1.35 bits per heavy atom. The number of hydrogen-bond donors (Lipinski definition) is 1. The topological polar surface area (TPSA) is 63.6 Å². The summed E-state index contributed by atoms with van der Waals surface area (Å²) < 4.78 is 1.76. The second-order valence-electron chi connectivity index (χ2n) is 4.17.